The van der Waals surface area contributed by atoms with E-state index in [4.69, 9.17) is 0 Å². The second-order valence-corrected chi connectivity index (χ2v) is 8.64. The van der Waals surface area contributed by atoms with Crippen LogP contribution in [0.3, 0.4) is 0 Å². The van der Waals surface area contributed by atoms with Gasteiger partial charge in [-0.2, -0.15) is 0 Å². The SMILES string of the molecule is Cc1csc2nc(CSCC(=O)N3CC(C)CC(C)C3)cc(=O)n12. The Hall–Kier alpha value is -1.34. The zero-order valence-electron chi connectivity index (χ0n) is 14.3. The molecule has 0 bridgehead atoms. The second-order valence-electron chi connectivity index (χ2n) is 6.82. The van der Waals surface area contributed by atoms with E-state index in [-0.39, 0.29) is 11.5 Å². The number of likely N-dealkylation sites (tertiary alicyclic amines) is 1. The van der Waals surface area contributed by atoms with Gasteiger partial charge >= 0.3 is 0 Å². The van der Waals surface area contributed by atoms with Gasteiger partial charge in [-0.1, -0.05) is 13.8 Å². The summed E-state index contributed by atoms with van der Waals surface area (Å²) in [6, 6.07) is 1.58. The van der Waals surface area contributed by atoms with Crippen LogP contribution in [0.5, 0.6) is 0 Å². The summed E-state index contributed by atoms with van der Waals surface area (Å²) in [6.45, 7) is 8.05. The van der Waals surface area contributed by atoms with Gasteiger partial charge in [0.15, 0.2) is 4.96 Å². The monoisotopic (exact) mass is 365 g/mol. The second kappa shape index (κ2) is 7.27. The lowest BCUT2D eigenvalue weighted by Gasteiger charge is -2.35. The highest BCUT2D eigenvalue weighted by molar-refractivity contribution is 7.99. The van der Waals surface area contributed by atoms with Gasteiger partial charge in [-0.25, -0.2) is 4.98 Å². The van der Waals surface area contributed by atoms with Gasteiger partial charge in [-0.3, -0.25) is 14.0 Å². The minimum absolute atomic E-state index is 0.0423. The van der Waals surface area contributed by atoms with E-state index < -0.39 is 0 Å². The lowest BCUT2D eigenvalue weighted by Crippen LogP contribution is -2.43. The van der Waals surface area contributed by atoms with Crippen LogP contribution in [0.25, 0.3) is 4.96 Å². The van der Waals surface area contributed by atoms with Crippen molar-refractivity contribution < 1.29 is 4.79 Å². The Labute approximate surface area is 150 Å². The van der Waals surface area contributed by atoms with Gasteiger partial charge in [0.2, 0.25) is 5.91 Å². The summed E-state index contributed by atoms with van der Waals surface area (Å²) in [7, 11) is 0. The van der Waals surface area contributed by atoms with Gasteiger partial charge in [-0.05, 0) is 25.2 Å². The number of thiazole rings is 1. The topological polar surface area (TPSA) is 54.7 Å². The quantitative estimate of drug-likeness (QED) is 0.836. The summed E-state index contributed by atoms with van der Waals surface area (Å²) in [5.41, 5.74) is 1.62. The molecule has 1 fully saturated rings. The third kappa shape index (κ3) is 3.83. The Morgan fingerprint density at radius 2 is 2.08 bits per heavy atom. The zero-order valence-corrected chi connectivity index (χ0v) is 16.0. The first kappa shape index (κ1) is 17.5. The number of aromatic nitrogens is 2. The van der Waals surface area contributed by atoms with E-state index in [0.29, 0.717) is 23.3 Å². The molecule has 1 saturated heterocycles. The Morgan fingerprint density at radius 1 is 1.38 bits per heavy atom. The molecule has 5 nitrogen and oxygen atoms in total. The number of thioether (sulfide) groups is 1. The maximum Gasteiger partial charge on any atom is 0.258 e. The molecule has 0 radical (unpaired) electrons. The summed E-state index contributed by atoms with van der Waals surface area (Å²) < 4.78 is 1.63. The fraction of sp³-hybridized carbons (Fsp3) is 0.588. The van der Waals surface area contributed by atoms with Crippen molar-refractivity contribution in [2.45, 2.75) is 32.9 Å². The van der Waals surface area contributed by atoms with Gasteiger partial charge in [-0.15, -0.1) is 23.1 Å². The van der Waals surface area contributed by atoms with Crippen LogP contribution in [0, 0.1) is 18.8 Å². The molecule has 1 aliphatic rings. The minimum atomic E-state index is -0.0423. The lowest BCUT2D eigenvalue weighted by molar-refractivity contribution is -0.130. The number of nitrogens with zero attached hydrogens (tertiary/aromatic N) is 3. The Morgan fingerprint density at radius 3 is 2.79 bits per heavy atom. The molecule has 0 spiro atoms. The van der Waals surface area contributed by atoms with Crippen LogP contribution in [0.1, 0.15) is 31.7 Å². The van der Waals surface area contributed by atoms with Crippen LogP contribution < -0.4 is 5.56 Å². The molecular formula is C17H23N3O2S2. The van der Waals surface area contributed by atoms with E-state index in [9.17, 15) is 9.59 Å². The highest BCUT2D eigenvalue weighted by atomic mass is 32.2. The number of hydrogen-bond acceptors (Lipinski definition) is 5. The van der Waals surface area contributed by atoms with Crippen molar-refractivity contribution in [2.75, 3.05) is 18.8 Å². The van der Waals surface area contributed by atoms with Crippen LogP contribution in [0.4, 0.5) is 0 Å². The normalized spacial score (nSPS) is 21.4. The van der Waals surface area contributed by atoms with Crippen LogP contribution >= 0.6 is 23.1 Å². The molecule has 2 unspecified atom stereocenters. The van der Waals surface area contributed by atoms with Gasteiger partial charge in [0.25, 0.3) is 5.56 Å². The van der Waals surface area contributed by atoms with Crippen LogP contribution in [0.15, 0.2) is 16.2 Å². The summed E-state index contributed by atoms with van der Waals surface area (Å²) in [5.74, 6) is 2.39. The van der Waals surface area contributed by atoms with E-state index in [1.807, 2.05) is 17.2 Å². The molecule has 0 saturated carbocycles. The molecule has 1 aliphatic heterocycles. The summed E-state index contributed by atoms with van der Waals surface area (Å²) in [6.07, 6.45) is 1.20. The van der Waals surface area contributed by atoms with Gasteiger partial charge in [0.05, 0.1) is 11.4 Å². The number of amides is 1. The molecule has 24 heavy (non-hydrogen) atoms. The van der Waals surface area contributed by atoms with Crippen LogP contribution in [-0.4, -0.2) is 39.0 Å². The molecule has 7 heteroatoms. The fourth-order valence-electron chi connectivity index (χ4n) is 3.38. The number of hydrogen-bond donors (Lipinski definition) is 0. The van der Waals surface area contributed by atoms with Crippen molar-refractivity contribution in [3.63, 3.8) is 0 Å². The van der Waals surface area contributed by atoms with Gasteiger partial charge in [0.1, 0.15) is 0 Å². The van der Waals surface area contributed by atoms with E-state index in [0.717, 1.165) is 29.4 Å². The first-order valence-electron chi connectivity index (χ1n) is 8.26. The minimum Gasteiger partial charge on any atom is -0.341 e. The van der Waals surface area contributed by atoms with E-state index in [2.05, 4.69) is 18.8 Å². The first-order chi connectivity index (χ1) is 11.4. The van der Waals surface area contributed by atoms with Gasteiger partial charge in [0, 0.05) is 36.0 Å². The van der Waals surface area contributed by atoms with Crippen molar-refractivity contribution in [3.05, 3.63) is 33.2 Å². The highest BCUT2D eigenvalue weighted by Crippen LogP contribution is 2.22. The zero-order chi connectivity index (χ0) is 17.3. The Bertz CT molecular complexity index is 789. The molecule has 3 heterocycles. The standard InChI is InChI=1S/C17H23N3O2S2/c1-11-4-12(2)7-19(6-11)16(22)10-23-9-14-5-15(21)20-13(3)8-24-17(20)18-14/h5,8,11-12H,4,6-7,9-10H2,1-3H3. The summed E-state index contributed by atoms with van der Waals surface area (Å²) in [5, 5.41) is 1.93. The molecule has 0 aromatic carbocycles. The Balaban J connectivity index is 1.58. The number of aryl methyl sites for hydroxylation is 1. The van der Waals surface area contributed by atoms with Crippen molar-refractivity contribution in [1.29, 1.82) is 0 Å². The van der Waals surface area contributed by atoms with Crippen molar-refractivity contribution in [2.24, 2.45) is 11.8 Å². The third-order valence-corrected chi connectivity index (χ3v) is 6.22. The van der Waals surface area contributed by atoms with Crippen LogP contribution in [0.2, 0.25) is 0 Å². The maximum absolute atomic E-state index is 12.4. The molecule has 3 rings (SSSR count). The number of carbonyl (C=O) groups is 1. The predicted molar refractivity (Wildman–Crippen MR) is 99.8 cm³/mol. The average Bonchev–Trinajstić information content (AvgIpc) is 2.88. The van der Waals surface area contributed by atoms with Crippen LogP contribution in [-0.2, 0) is 10.5 Å². The fourth-order valence-corrected chi connectivity index (χ4v) is 5.08. The number of carbonyl (C=O) groups excluding carboxylic acids is 1. The van der Waals surface area contributed by atoms with Gasteiger partial charge < -0.3 is 4.90 Å². The number of piperidine rings is 1. The molecule has 2 aromatic rings. The molecule has 2 atom stereocenters. The van der Waals surface area contributed by atoms with Crippen molar-refractivity contribution in [1.82, 2.24) is 14.3 Å². The molecular weight excluding hydrogens is 342 g/mol. The Kier molecular flexibility index (Phi) is 5.30. The number of fused-ring (bicyclic) bond motifs is 1. The lowest BCUT2D eigenvalue weighted by atomic mass is 9.92. The largest absolute Gasteiger partial charge is 0.341 e. The highest BCUT2D eigenvalue weighted by Gasteiger charge is 2.25. The maximum atomic E-state index is 12.4. The van der Waals surface area contributed by atoms with E-state index in [1.54, 1.807) is 10.5 Å². The molecule has 130 valence electrons. The molecule has 2 aromatic heterocycles. The number of rotatable bonds is 4. The van der Waals surface area contributed by atoms with Crippen molar-refractivity contribution >= 4 is 34.0 Å². The van der Waals surface area contributed by atoms with E-state index >= 15 is 0 Å². The third-order valence-electron chi connectivity index (χ3n) is 4.33. The predicted octanol–water partition coefficient (Wildman–Crippen LogP) is 2.80. The first-order valence-corrected chi connectivity index (χ1v) is 10.3. The molecule has 1 amide bonds. The summed E-state index contributed by atoms with van der Waals surface area (Å²) in [4.78, 5) is 31.8. The average molecular weight is 366 g/mol. The van der Waals surface area contributed by atoms with E-state index in [1.165, 1.54) is 29.5 Å². The molecule has 0 aliphatic carbocycles. The summed E-state index contributed by atoms with van der Waals surface area (Å²) >= 11 is 3.01. The smallest absolute Gasteiger partial charge is 0.258 e. The van der Waals surface area contributed by atoms with Crippen molar-refractivity contribution in [3.8, 4) is 0 Å². The molecule has 0 N–H and O–H groups in total.